The number of benzene rings is 2. The Bertz CT molecular complexity index is 963. The molecule has 0 spiro atoms. The fourth-order valence-electron chi connectivity index (χ4n) is 3.68. The van der Waals surface area contributed by atoms with Gasteiger partial charge in [0.1, 0.15) is 5.82 Å². The van der Waals surface area contributed by atoms with Crippen LogP contribution in [-0.2, 0) is 9.59 Å². The van der Waals surface area contributed by atoms with E-state index in [4.69, 9.17) is 0 Å². The van der Waals surface area contributed by atoms with Crippen LogP contribution >= 0.6 is 0 Å². The number of rotatable bonds is 5. The Hall–Kier alpha value is -3.15. The lowest BCUT2D eigenvalue weighted by atomic mass is 10.0. The minimum absolute atomic E-state index is 0.0174. The van der Waals surface area contributed by atoms with E-state index in [1.807, 2.05) is 68.4 Å². The third-order valence-electron chi connectivity index (χ3n) is 5.23. The molecule has 0 unspecified atom stereocenters. The van der Waals surface area contributed by atoms with E-state index in [0.717, 1.165) is 22.5 Å². The molecule has 0 aliphatic carbocycles. The predicted molar refractivity (Wildman–Crippen MR) is 109 cm³/mol. The number of amides is 2. The quantitative estimate of drug-likeness (QED) is 0.716. The maximum absolute atomic E-state index is 12.9. The summed E-state index contributed by atoms with van der Waals surface area (Å²) in [6, 6.07) is 17.1. The van der Waals surface area contributed by atoms with Crippen LogP contribution in [0.1, 0.15) is 32.1 Å². The van der Waals surface area contributed by atoms with Crippen molar-refractivity contribution in [1.82, 2.24) is 15.3 Å². The highest BCUT2D eigenvalue weighted by atomic mass is 16.2. The van der Waals surface area contributed by atoms with Crippen LogP contribution in [0.4, 0.5) is 5.69 Å². The number of anilines is 1. The van der Waals surface area contributed by atoms with Crippen LogP contribution in [-0.4, -0.2) is 28.3 Å². The van der Waals surface area contributed by atoms with Gasteiger partial charge >= 0.3 is 0 Å². The number of nitrogens with one attached hydrogen (secondary N) is 2. The fraction of sp³-hybridized carbons (Fsp3) is 0.318. The van der Waals surface area contributed by atoms with Crippen molar-refractivity contribution in [3.05, 3.63) is 60.4 Å². The molecule has 2 aromatic carbocycles. The summed E-state index contributed by atoms with van der Waals surface area (Å²) >= 11 is 0. The number of imidazole rings is 1. The van der Waals surface area contributed by atoms with Crippen LogP contribution in [0.25, 0.3) is 11.0 Å². The SMILES string of the molecule is CC(C)[C@H](NC(=O)[C@@H]1CC(=O)N(c2ccccc2)C1)c1nc2ccccc2[nH]1. The van der Waals surface area contributed by atoms with Gasteiger partial charge in [0.05, 0.1) is 23.0 Å². The highest BCUT2D eigenvalue weighted by Gasteiger charge is 2.36. The van der Waals surface area contributed by atoms with Gasteiger partial charge in [-0.25, -0.2) is 4.98 Å². The van der Waals surface area contributed by atoms with E-state index in [0.29, 0.717) is 6.54 Å². The molecule has 28 heavy (non-hydrogen) atoms. The van der Waals surface area contributed by atoms with E-state index in [9.17, 15) is 9.59 Å². The molecule has 6 heteroatoms. The second-order valence-electron chi connectivity index (χ2n) is 7.61. The number of aromatic amines is 1. The second kappa shape index (κ2) is 7.46. The van der Waals surface area contributed by atoms with Gasteiger partial charge in [0, 0.05) is 18.7 Å². The Kier molecular flexibility index (Phi) is 4.86. The monoisotopic (exact) mass is 376 g/mol. The fourth-order valence-corrected chi connectivity index (χ4v) is 3.68. The van der Waals surface area contributed by atoms with Crippen molar-refractivity contribution >= 4 is 28.5 Å². The van der Waals surface area contributed by atoms with Crippen LogP contribution < -0.4 is 10.2 Å². The number of fused-ring (bicyclic) bond motifs is 1. The zero-order valence-electron chi connectivity index (χ0n) is 16.1. The molecular weight excluding hydrogens is 352 g/mol. The van der Waals surface area contributed by atoms with Crippen LogP contribution in [0.15, 0.2) is 54.6 Å². The molecule has 2 atom stereocenters. The molecule has 144 valence electrons. The molecular formula is C22H24N4O2. The van der Waals surface area contributed by atoms with Gasteiger partial charge in [0.25, 0.3) is 0 Å². The molecule has 1 saturated heterocycles. The van der Waals surface area contributed by atoms with Gasteiger partial charge in [-0.1, -0.05) is 44.2 Å². The molecule has 0 bridgehead atoms. The first kappa shape index (κ1) is 18.2. The maximum atomic E-state index is 12.9. The van der Waals surface area contributed by atoms with Crippen molar-refractivity contribution in [3.8, 4) is 0 Å². The highest BCUT2D eigenvalue weighted by Crippen LogP contribution is 2.27. The zero-order chi connectivity index (χ0) is 19.7. The van der Waals surface area contributed by atoms with Gasteiger partial charge in [-0.05, 0) is 30.2 Å². The summed E-state index contributed by atoms with van der Waals surface area (Å²) < 4.78 is 0. The van der Waals surface area contributed by atoms with Gasteiger partial charge in [-0.3, -0.25) is 9.59 Å². The van der Waals surface area contributed by atoms with Crippen molar-refractivity contribution in [3.63, 3.8) is 0 Å². The summed E-state index contributed by atoms with van der Waals surface area (Å²) in [5.41, 5.74) is 2.66. The number of hydrogen-bond acceptors (Lipinski definition) is 3. The van der Waals surface area contributed by atoms with Crippen LogP contribution in [0.3, 0.4) is 0 Å². The lowest BCUT2D eigenvalue weighted by molar-refractivity contribution is -0.127. The molecule has 0 saturated carbocycles. The minimum Gasteiger partial charge on any atom is -0.346 e. The van der Waals surface area contributed by atoms with Gasteiger partial charge in [0.2, 0.25) is 11.8 Å². The van der Waals surface area contributed by atoms with Crippen molar-refractivity contribution in [1.29, 1.82) is 0 Å². The molecule has 3 aromatic rings. The zero-order valence-corrected chi connectivity index (χ0v) is 16.1. The maximum Gasteiger partial charge on any atom is 0.227 e. The molecule has 2 amide bonds. The third-order valence-corrected chi connectivity index (χ3v) is 5.23. The lowest BCUT2D eigenvalue weighted by Crippen LogP contribution is -2.38. The summed E-state index contributed by atoms with van der Waals surface area (Å²) in [6.45, 7) is 4.50. The van der Waals surface area contributed by atoms with E-state index >= 15 is 0 Å². The Balaban J connectivity index is 1.50. The Morgan fingerprint density at radius 3 is 2.57 bits per heavy atom. The largest absolute Gasteiger partial charge is 0.346 e. The highest BCUT2D eigenvalue weighted by molar-refractivity contribution is 6.00. The molecule has 1 aromatic heterocycles. The number of aromatic nitrogens is 2. The first-order valence-corrected chi connectivity index (χ1v) is 9.63. The normalized spacial score (nSPS) is 18.0. The average molecular weight is 376 g/mol. The lowest BCUT2D eigenvalue weighted by Gasteiger charge is -2.22. The van der Waals surface area contributed by atoms with Gasteiger partial charge < -0.3 is 15.2 Å². The van der Waals surface area contributed by atoms with Crippen molar-refractivity contribution in [2.24, 2.45) is 11.8 Å². The molecule has 1 aliphatic rings. The van der Waals surface area contributed by atoms with Crippen LogP contribution in [0, 0.1) is 11.8 Å². The van der Waals surface area contributed by atoms with Crippen LogP contribution in [0.5, 0.6) is 0 Å². The minimum atomic E-state index is -0.363. The van der Waals surface area contributed by atoms with Crippen molar-refractivity contribution in [2.75, 3.05) is 11.4 Å². The van der Waals surface area contributed by atoms with Crippen LogP contribution in [0.2, 0.25) is 0 Å². The molecule has 2 N–H and O–H groups in total. The number of carbonyl (C=O) groups excluding carboxylic acids is 2. The standard InChI is InChI=1S/C22H24N4O2/c1-14(2)20(21-23-17-10-6-7-11-18(17)24-21)25-22(28)15-12-19(27)26(13-15)16-8-4-3-5-9-16/h3-11,14-15,20H,12-13H2,1-2H3,(H,23,24)(H,25,28)/t15-,20+/m1/s1. The topological polar surface area (TPSA) is 78.1 Å². The second-order valence-corrected chi connectivity index (χ2v) is 7.61. The molecule has 2 heterocycles. The smallest absolute Gasteiger partial charge is 0.227 e. The third kappa shape index (κ3) is 3.50. The first-order valence-electron chi connectivity index (χ1n) is 9.63. The van der Waals surface area contributed by atoms with Gasteiger partial charge in [-0.2, -0.15) is 0 Å². The first-order chi connectivity index (χ1) is 13.5. The Labute approximate surface area is 164 Å². The van der Waals surface area contributed by atoms with Gasteiger partial charge in [-0.15, -0.1) is 0 Å². The number of H-pyrrole nitrogens is 1. The molecule has 0 radical (unpaired) electrons. The average Bonchev–Trinajstić information content (AvgIpc) is 3.29. The number of para-hydroxylation sites is 3. The summed E-state index contributed by atoms with van der Waals surface area (Å²) in [7, 11) is 0. The van der Waals surface area contributed by atoms with E-state index in [2.05, 4.69) is 15.3 Å². The Morgan fingerprint density at radius 2 is 1.86 bits per heavy atom. The molecule has 4 rings (SSSR count). The Morgan fingerprint density at radius 1 is 1.14 bits per heavy atom. The molecule has 1 fully saturated rings. The van der Waals surface area contributed by atoms with Crippen molar-refractivity contribution < 1.29 is 9.59 Å². The van der Waals surface area contributed by atoms with E-state index in [1.165, 1.54) is 0 Å². The molecule has 1 aliphatic heterocycles. The summed E-state index contributed by atoms with van der Waals surface area (Å²) in [6.07, 6.45) is 0.228. The van der Waals surface area contributed by atoms with E-state index < -0.39 is 0 Å². The summed E-state index contributed by atoms with van der Waals surface area (Å²) in [4.78, 5) is 35.0. The molecule has 6 nitrogen and oxygen atoms in total. The summed E-state index contributed by atoms with van der Waals surface area (Å²) in [5, 5.41) is 3.12. The summed E-state index contributed by atoms with van der Waals surface area (Å²) in [5.74, 6) is 0.418. The predicted octanol–water partition coefficient (Wildman–Crippen LogP) is 3.43. The number of hydrogen-bond donors (Lipinski definition) is 2. The number of nitrogens with zero attached hydrogens (tertiary/aromatic N) is 2. The van der Waals surface area contributed by atoms with E-state index in [1.54, 1.807) is 4.90 Å². The van der Waals surface area contributed by atoms with Crippen molar-refractivity contribution in [2.45, 2.75) is 26.3 Å². The van der Waals surface area contributed by atoms with E-state index in [-0.39, 0.29) is 36.1 Å². The number of carbonyl (C=O) groups is 2. The van der Waals surface area contributed by atoms with Gasteiger partial charge in [0.15, 0.2) is 0 Å².